The highest BCUT2D eigenvalue weighted by Crippen LogP contribution is 2.04. The van der Waals surface area contributed by atoms with Crippen molar-refractivity contribution in [3.05, 3.63) is 29.8 Å². The minimum Gasteiger partial charge on any atom is -0.383 e. The van der Waals surface area contributed by atoms with E-state index < -0.39 is 11.7 Å². The van der Waals surface area contributed by atoms with Gasteiger partial charge in [0.05, 0.1) is 23.7 Å². The van der Waals surface area contributed by atoms with Gasteiger partial charge in [0.15, 0.2) is 5.82 Å². The highest BCUT2D eigenvalue weighted by molar-refractivity contribution is 6.21. The van der Waals surface area contributed by atoms with Crippen molar-refractivity contribution in [1.82, 2.24) is 10.3 Å². The van der Waals surface area contributed by atoms with Gasteiger partial charge in [0.2, 0.25) is 0 Å². The highest BCUT2D eigenvalue weighted by Gasteiger charge is 2.12. The third kappa shape index (κ3) is 3.75. The Morgan fingerprint density at radius 3 is 3.12 bits per heavy atom. The van der Waals surface area contributed by atoms with Crippen LogP contribution in [0.2, 0.25) is 0 Å². The van der Waals surface area contributed by atoms with Gasteiger partial charge in [-0.15, -0.1) is 11.6 Å². The van der Waals surface area contributed by atoms with Crippen LogP contribution < -0.4 is 5.32 Å². The Bertz CT molecular complexity index is 362. The SMILES string of the molecule is COCC(Cl)CNC(=O)c1ccncc1F. The molecule has 0 fully saturated rings. The van der Waals surface area contributed by atoms with Gasteiger partial charge < -0.3 is 10.1 Å². The van der Waals surface area contributed by atoms with Crippen molar-refractivity contribution < 1.29 is 13.9 Å². The summed E-state index contributed by atoms with van der Waals surface area (Å²) < 4.78 is 17.9. The number of halogens is 2. The van der Waals surface area contributed by atoms with Crippen LogP contribution in [-0.2, 0) is 4.74 Å². The van der Waals surface area contributed by atoms with Gasteiger partial charge in [0.1, 0.15) is 0 Å². The fourth-order valence-corrected chi connectivity index (χ4v) is 1.30. The van der Waals surface area contributed by atoms with E-state index in [4.69, 9.17) is 16.3 Å². The van der Waals surface area contributed by atoms with E-state index in [9.17, 15) is 9.18 Å². The van der Waals surface area contributed by atoms with Crippen molar-refractivity contribution in [3.63, 3.8) is 0 Å². The van der Waals surface area contributed by atoms with Crippen LogP contribution in [0.25, 0.3) is 0 Å². The van der Waals surface area contributed by atoms with Gasteiger partial charge in [-0.05, 0) is 6.07 Å². The molecule has 0 radical (unpaired) electrons. The van der Waals surface area contributed by atoms with E-state index in [1.807, 2.05) is 0 Å². The number of hydrogen-bond donors (Lipinski definition) is 1. The number of carbonyl (C=O) groups is 1. The Morgan fingerprint density at radius 1 is 1.75 bits per heavy atom. The molecule has 1 N–H and O–H groups in total. The topological polar surface area (TPSA) is 51.2 Å². The van der Waals surface area contributed by atoms with Crippen LogP contribution in [0.4, 0.5) is 4.39 Å². The first-order valence-corrected chi connectivity index (χ1v) is 5.09. The summed E-state index contributed by atoms with van der Waals surface area (Å²) in [6, 6.07) is 1.31. The number of carbonyl (C=O) groups excluding carboxylic acids is 1. The van der Waals surface area contributed by atoms with Crippen molar-refractivity contribution in [2.45, 2.75) is 5.38 Å². The first-order chi connectivity index (χ1) is 7.65. The van der Waals surface area contributed by atoms with E-state index in [2.05, 4.69) is 10.3 Å². The average molecular weight is 247 g/mol. The van der Waals surface area contributed by atoms with Crippen LogP contribution in [0.15, 0.2) is 18.5 Å². The fourth-order valence-electron chi connectivity index (χ4n) is 1.10. The highest BCUT2D eigenvalue weighted by atomic mass is 35.5. The Kier molecular flexibility index (Phi) is 5.14. The molecule has 6 heteroatoms. The van der Waals surface area contributed by atoms with Gasteiger partial charge in [0.25, 0.3) is 5.91 Å². The summed E-state index contributed by atoms with van der Waals surface area (Å²) in [5.41, 5.74) is -0.0451. The molecule has 0 spiro atoms. The number of ether oxygens (including phenoxy) is 1. The number of methoxy groups -OCH3 is 1. The summed E-state index contributed by atoms with van der Waals surface area (Å²) in [4.78, 5) is 15.0. The molecule has 0 aliphatic rings. The molecule has 0 saturated heterocycles. The Hall–Kier alpha value is -1.20. The molecule has 1 aromatic heterocycles. The van der Waals surface area contributed by atoms with Crippen molar-refractivity contribution in [1.29, 1.82) is 0 Å². The van der Waals surface area contributed by atoms with Crippen molar-refractivity contribution in [2.24, 2.45) is 0 Å². The lowest BCUT2D eigenvalue weighted by Crippen LogP contribution is -2.32. The maximum absolute atomic E-state index is 13.1. The molecule has 0 bridgehead atoms. The summed E-state index contributed by atoms with van der Waals surface area (Å²) in [5, 5.41) is 2.17. The number of pyridine rings is 1. The van der Waals surface area contributed by atoms with Gasteiger partial charge in [-0.25, -0.2) is 4.39 Å². The quantitative estimate of drug-likeness (QED) is 0.795. The smallest absolute Gasteiger partial charge is 0.254 e. The second-order valence-electron chi connectivity index (χ2n) is 3.12. The first kappa shape index (κ1) is 12.9. The summed E-state index contributed by atoms with van der Waals surface area (Å²) in [7, 11) is 1.51. The standard InChI is InChI=1S/C10H12ClFN2O2/c1-16-6-7(11)4-14-10(15)8-2-3-13-5-9(8)12/h2-3,5,7H,4,6H2,1H3,(H,14,15). The first-order valence-electron chi connectivity index (χ1n) is 4.66. The minimum atomic E-state index is -0.655. The zero-order valence-electron chi connectivity index (χ0n) is 8.74. The molecule has 1 atom stereocenters. The van der Waals surface area contributed by atoms with Crippen molar-refractivity contribution in [2.75, 3.05) is 20.3 Å². The van der Waals surface area contributed by atoms with Crippen molar-refractivity contribution >= 4 is 17.5 Å². The Morgan fingerprint density at radius 2 is 2.50 bits per heavy atom. The lowest BCUT2D eigenvalue weighted by atomic mass is 10.2. The summed E-state index contributed by atoms with van der Waals surface area (Å²) in [6.07, 6.45) is 2.34. The molecular weight excluding hydrogens is 235 g/mol. The Balaban J connectivity index is 2.50. The van der Waals surface area contributed by atoms with Crippen LogP contribution in [0.3, 0.4) is 0 Å². The normalized spacial score (nSPS) is 12.2. The van der Waals surface area contributed by atoms with E-state index >= 15 is 0 Å². The summed E-state index contributed by atoms with van der Waals surface area (Å²) >= 11 is 5.81. The molecule has 0 aliphatic carbocycles. The van der Waals surface area contributed by atoms with Crippen LogP contribution in [0.5, 0.6) is 0 Å². The summed E-state index contributed by atoms with van der Waals surface area (Å²) in [5.74, 6) is -1.17. The molecule has 1 heterocycles. The average Bonchev–Trinajstić information content (AvgIpc) is 2.27. The second kappa shape index (κ2) is 6.40. The predicted molar refractivity (Wildman–Crippen MR) is 58.0 cm³/mol. The second-order valence-corrected chi connectivity index (χ2v) is 3.74. The number of aromatic nitrogens is 1. The van der Waals surface area contributed by atoms with Gasteiger partial charge >= 0.3 is 0 Å². The summed E-state index contributed by atoms with van der Waals surface area (Å²) in [6.45, 7) is 0.538. The number of hydrogen-bond acceptors (Lipinski definition) is 3. The number of rotatable bonds is 5. The van der Waals surface area contributed by atoms with Gasteiger partial charge in [0, 0.05) is 19.9 Å². The van der Waals surface area contributed by atoms with Gasteiger partial charge in [-0.2, -0.15) is 0 Å². The zero-order chi connectivity index (χ0) is 12.0. The third-order valence-corrected chi connectivity index (χ3v) is 2.13. The number of nitrogens with one attached hydrogen (secondary N) is 1. The Labute approximate surface area is 97.8 Å². The van der Waals surface area contributed by atoms with Crippen LogP contribution >= 0.6 is 11.6 Å². The fraction of sp³-hybridized carbons (Fsp3) is 0.400. The maximum Gasteiger partial charge on any atom is 0.254 e. The monoisotopic (exact) mass is 246 g/mol. The molecular formula is C10H12ClFN2O2. The van der Waals surface area contributed by atoms with Crippen LogP contribution in [0.1, 0.15) is 10.4 Å². The molecule has 1 rings (SSSR count). The number of alkyl halides is 1. The number of amides is 1. The molecule has 1 unspecified atom stereocenters. The molecule has 4 nitrogen and oxygen atoms in total. The van der Waals surface area contributed by atoms with Crippen molar-refractivity contribution in [3.8, 4) is 0 Å². The third-order valence-electron chi connectivity index (χ3n) is 1.85. The zero-order valence-corrected chi connectivity index (χ0v) is 9.50. The molecule has 1 aromatic rings. The molecule has 0 saturated carbocycles. The van der Waals surface area contributed by atoms with Gasteiger partial charge in [-0.1, -0.05) is 0 Å². The van der Waals surface area contributed by atoms with Crippen LogP contribution in [-0.4, -0.2) is 36.5 Å². The van der Waals surface area contributed by atoms with E-state index in [1.165, 1.54) is 19.4 Å². The minimum absolute atomic E-state index is 0.0451. The molecule has 16 heavy (non-hydrogen) atoms. The lowest BCUT2D eigenvalue weighted by molar-refractivity contribution is 0.0945. The predicted octanol–water partition coefficient (Wildman–Crippen LogP) is 1.20. The van der Waals surface area contributed by atoms with E-state index in [-0.39, 0.29) is 17.5 Å². The molecule has 0 aromatic carbocycles. The maximum atomic E-state index is 13.1. The molecule has 0 aliphatic heterocycles. The van der Waals surface area contributed by atoms with E-state index in [1.54, 1.807) is 0 Å². The number of nitrogens with zero attached hydrogens (tertiary/aromatic N) is 1. The lowest BCUT2D eigenvalue weighted by Gasteiger charge is -2.09. The van der Waals surface area contributed by atoms with Gasteiger partial charge in [-0.3, -0.25) is 9.78 Å². The molecule has 1 amide bonds. The van der Waals surface area contributed by atoms with E-state index in [0.717, 1.165) is 6.20 Å². The van der Waals surface area contributed by atoms with E-state index in [0.29, 0.717) is 6.61 Å². The van der Waals surface area contributed by atoms with Crippen LogP contribution in [0, 0.1) is 5.82 Å². The molecule has 88 valence electrons. The largest absolute Gasteiger partial charge is 0.383 e.